The molecule has 1 N–H and O–H groups in total. The molecule has 2 aromatic carbocycles. The van der Waals surface area contributed by atoms with Crippen LogP contribution in [0.2, 0.25) is 0 Å². The van der Waals surface area contributed by atoms with E-state index in [2.05, 4.69) is 130 Å². The van der Waals surface area contributed by atoms with Gasteiger partial charge in [-0.15, -0.1) is 5.73 Å². The summed E-state index contributed by atoms with van der Waals surface area (Å²) in [6, 6.07) is 15.6. The number of ether oxygens (including phenoxy) is 2. The molecule has 6 rings (SSSR count). The molecule has 0 spiro atoms. The summed E-state index contributed by atoms with van der Waals surface area (Å²) in [4.78, 5) is 0. The highest BCUT2D eigenvalue weighted by molar-refractivity contribution is 5.37. The van der Waals surface area contributed by atoms with Crippen molar-refractivity contribution in [2.45, 2.75) is 154 Å². The van der Waals surface area contributed by atoms with E-state index < -0.39 is 0 Å². The van der Waals surface area contributed by atoms with E-state index in [1.165, 1.54) is 36.0 Å². The molecule has 3 atom stereocenters. The quantitative estimate of drug-likeness (QED) is 0.193. The summed E-state index contributed by atoms with van der Waals surface area (Å²) in [6.07, 6.45) is 35.0. The Labute approximate surface area is 365 Å². The fourth-order valence-corrected chi connectivity index (χ4v) is 6.43. The molecule has 0 saturated heterocycles. The molecule has 3 heteroatoms. The van der Waals surface area contributed by atoms with Crippen LogP contribution in [-0.2, 0) is 12.8 Å². The van der Waals surface area contributed by atoms with Crippen LogP contribution in [0.3, 0.4) is 0 Å². The number of hydrogen-bond donors (Lipinski definition) is 1. The Bertz CT molecular complexity index is 1600. The lowest BCUT2D eigenvalue weighted by Crippen LogP contribution is -2.28. The summed E-state index contributed by atoms with van der Waals surface area (Å²) in [5.74, 6) is 3.88. The van der Waals surface area contributed by atoms with Crippen LogP contribution < -0.4 is 14.8 Å². The molecule has 2 aromatic rings. The Balaban J connectivity index is 0.00000140. The molecule has 1 fully saturated rings. The first kappa shape index (κ1) is 55.0. The predicted molar refractivity (Wildman–Crippen MR) is 264 cm³/mol. The lowest BCUT2D eigenvalue weighted by molar-refractivity contribution is 0.166. The van der Waals surface area contributed by atoms with Gasteiger partial charge in [-0.05, 0) is 142 Å². The fraction of sp³-hybridized carbons (Fsp3) is 0.518. The van der Waals surface area contributed by atoms with Crippen molar-refractivity contribution < 1.29 is 9.47 Å². The molecule has 4 aliphatic rings. The maximum atomic E-state index is 6.34. The number of benzene rings is 2. The minimum Gasteiger partial charge on any atom is -0.493 e. The summed E-state index contributed by atoms with van der Waals surface area (Å²) in [5, 5.41) is 3.70. The molecule has 0 amide bonds. The van der Waals surface area contributed by atoms with Crippen molar-refractivity contribution in [1.82, 2.24) is 5.32 Å². The second-order valence-electron chi connectivity index (χ2n) is 14.5. The molecule has 0 radical (unpaired) electrons. The molecular weight excluding hydrogens is 719 g/mol. The van der Waals surface area contributed by atoms with Gasteiger partial charge in [0.25, 0.3) is 0 Å². The third-order valence-electron chi connectivity index (χ3n) is 10.0. The lowest BCUT2D eigenvalue weighted by atomic mass is 9.85. The summed E-state index contributed by atoms with van der Waals surface area (Å²) in [5.41, 5.74) is 9.75. The minimum absolute atomic E-state index is 0.149. The van der Waals surface area contributed by atoms with Gasteiger partial charge in [0.05, 0.1) is 6.61 Å². The summed E-state index contributed by atoms with van der Waals surface area (Å²) in [6.45, 7) is 31.2. The third kappa shape index (κ3) is 23.4. The van der Waals surface area contributed by atoms with E-state index in [0.29, 0.717) is 12.6 Å². The van der Waals surface area contributed by atoms with Gasteiger partial charge in [-0.1, -0.05) is 168 Å². The van der Waals surface area contributed by atoms with Crippen molar-refractivity contribution in [2.24, 2.45) is 17.3 Å². The SMILES string of the molecule is CC.CC.CC.CC.CC.CCC1=CC2CC2CC=C1.Cc1ccc(CCNC(C)CCc2ccc(OCC3=CC=C=CC=C3)cc2)cc1OCC1(C)CC=CC=CC1. The first-order chi connectivity index (χ1) is 28.9. The number of aryl methyl sites for hydroxylation is 2. The van der Waals surface area contributed by atoms with E-state index in [-0.39, 0.29) is 5.41 Å². The Morgan fingerprint density at radius 1 is 0.763 bits per heavy atom. The molecule has 0 heterocycles. The van der Waals surface area contributed by atoms with Crippen LogP contribution in [0.5, 0.6) is 11.5 Å². The molecule has 0 aliphatic heterocycles. The van der Waals surface area contributed by atoms with Crippen LogP contribution in [0.25, 0.3) is 0 Å². The first-order valence-electron chi connectivity index (χ1n) is 23.5. The lowest BCUT2D eigenvalue weighted by Gasteiger charge is -2.27. The molecular formula is C56H87NO2. The number of fused-ring (bicyclic) bond motifs is 1. The molecule has 0 aromatic heterocycles. The number of hydrogen-bond acceptors (Lipinski definition) is 3. The van der Waals surface area contributed by atoms with Crippen molar-refractivity contribution in [3.63, 3.8) is 0 Å². The van der Waals surface area contributed by atoms with Gasteiger partial charge < -0.3 is 14.8 Å². The minimum atomic E-state index is 0.149. The molecule has 59 heavy (non-hydrogen) atoms. The second kappa shape index (κ2) is 34.8. The summed E-state index contributed by atoms with van der Waals surface area (Å²) in [7, 11) is 0. The van der Waals surface area contributed by atoms with Crippen LogP contribution >= 0.6 is 0 Å². The maximum Gasteiger partial charge on any atom is 0.122 e. The number of allylic oxidation sites excluding steroid dienone is 11. The largest absolute Gasteiger partial charge is 0.493 e. The van der Waals surface area contributed by atoms with Gasteiger partial charge >= 0.3 is 0 Å². The fourth-order valence-electron chi connectivity index (χ4n) is 6.43. The molecule has 328 valence electrons. The normalized spacial score (nSPS) is 17.5. The summed E-state index contributed by atoms with van der Waals surface area (Å²) >= 11 is 0. The molecule has 0 bridgehead atoms. The zero-order valence-electron chi connectivity index (χ0n) is 40.3. The van der Waals surface area contributed by atoms with Crippen LogP contribution in [0.15, 0.2) is 132 Å². The van der Waals surface area contributed by atoms with E-state index in [4.69, 9.17) is 9.47 Å². The van der Waals surface area contributed by atoms with Gasteiger partial charge in [0.1, 0.15) is 18.1 Å². The highest BCUT2D eigenvalue weighted by Crippen LogP contribution is 2.45. The van der Waals surface area contributed by atoms with Crippen LogP contribution in [-0.4, -0.2) is 25.8 Å². The zero-order valence-corrected chi connectivity index (χ0v) is 40.3. The summed E-state index contributed by atoms with van der Waals surface area (Å²) < 4.78 is 12.3. The monoisotopic (exact) mass is 806 g/mol. The maximum absolute atomic E-state index is 6.34. The van der Waals surface area contributed by atoms with E-state index in [0.717, 1.165) is 74.2 Å². The van der Waals surface area contributed by atoms with Crippen molar-refractivity contribution in [3.8, 4) is 11.5 Å². The van der Waals surface area contributed by atoms with E-state index in [1.54, 1.807) is 5.57 Å². The molecule has 1 saturated carbocycles. The highest BCUT2D eigenvalue weighted by atomic mass is 16.5. The zero-order chi connectivity index (χ0) is 44.3. The molecule has 3 nitrogen and oxygen atoms in total. The highest BCUT2D eigenvalue weighted by Gasteiger charge is 2.34. The average Bonchev–Trinajstić information content (AvgIpc) is 4.13. The van der Waals surface area contributed by atoms with Gasteiger partial charge in [0.15, 0.2) is 0 Å². The van der Waals surface area contributed by atoms with Crippen LogP contribution in [0.1, 0.15) is 145 Å². The second-order valence-corrected chi connectivity index (χ2v) is 14.5. The Morgan fingerprint density at radius 3 is 2.08 bits per heavy atom. The van der Waals surface area contributed by atoms with Crippen LogP contribution in [0, 0.1) is 24.2 Å². The van der Waals surface area contributed by atoms with Crippen molar-refractivity contribution in [1.29, 1.82) is 0 Å². The van der Waals surface area contributed by atoms with Crippen molar-refractivity contribution >= 4 is 0 Å². The van der Waals surface area contributed by atoms with E-state index in [9.17, 15) is 0 Å². The van der Waals surface area contributed by atoms with E-state index >= 15 is 0 Å². The predicted octanol–water partition coefficient (Wildman–Crippen LogP) is 16.1. The third-order valence-corrected chi connectivity index (χ3v) is 10.0. The van der Waals surface area contributed by atoms with E-state index in [1.807, 2.05) is 93.5 Å². The van der Waals surface area contributed by atoms with Crippen molar-refractivity contribution in [3.05, 3.63) is 149 Å². The number of nitrogens with one attached hydrogen (secondary N) is 1. The Kier molecular flexibility index (Phi) is 32.4. The number of rotatable bonds is 14. The molecule has 4 aliphatic carbocycles. The van der Waals surface area contributed by atoms with Gasteiger partial charge in [-0.2, -0.15) is 0 Å². The molecule has 3 unspecified atom stereocenters. The first-order valence-corrected chi connectivity index (χ1v) is 23.5. The average molecular weight is 806 g/mol. The Hall–Kier alpha value is -4.04. The van der Waals surface area contributed by atoms with Crippen molar-refractivity contribution in [2.75, 3.05) is 19.8 Å². The van der Waals surface area contributed by atoms with Gasteiger partial charge in [-0.25, -0.2) is 0 Å². The van der Waals surface area contributed by atoms with Crippen LogP contribution in [0.4, 0.5) is 0 Å². The topological polar surface area (TPSA) is 30.5 Å². The smallest absolute Gasteiger partial charge is 0.122 e. The van der Waals surface area contributed by atoms with Gasteiger partial charge in [-0.3, -0.25) is 0 Å². The Morgan fingerprint density at radius 2 is 1.42 bits per heavy atom. The van der Waals surface area contributed by atoms with Gasteiger partial charge in [0, 0.05) is 11.5 Å². The van der Waals surface area contributed by atoms with Gasteiger partial charge in [0.2, 0.25) is 0 Å². The standard InChI is InChI=1S/C36H43NO2.C10H14.5C2H6/c1-29-14-16-32(26-35(29)39-28-36(3)23-10-6-7-11-24-36)22-25-37-30(2)15-17-31-18-20-34(21-19-31)38-27-33-12-8-4-5-9-13-33;1-2-8-4-3-5-9-7-10(9)6-8;5*1-2/h4,6-14,16,18-21,26,30,37H,15,17,22-25,27-28H2,1-3H3;3-4,6,9-10H,2,5,7H2,1H3;5*1-2H3.